The third kappa shape index (κ3) is 6.22. The fraction of sp³-hybridized carbons (Fsp3) is 0.583. The summed E-state index contributed by atoms with van der Waals surface area (Å²) in [6, 6.07) is 9.20. The lowest BCUT2D eigenvalue weighted by atomic mass is 9.67. The van der Waals surface area contributed by atoms with Crippen LogP contribution in [0.25, 0.3) is 6.08 Å². The molecule has 1 aromatic rings. The second-order valence-electron chi connectivity index (χ2n) is 9.40. The fourth-order valence-corrected chi connectivity index (χ4v) is 7.17. The summed E-state index contributed by atoms with van der Waals surface area (Å²) in [5.41, 5.74) is 4.54. The largest absolute Gasteiger partial charge is 0.294 e. The van der Waals surface area contributed by atoms with Gasteiger partial charge >= 0.3 is 0 Å². The Bertz CT molecular complexity index is 927. The van der Waals surface area contributed by atoms with Gasteiger partial charge in [-0.3, -0.25) is 20.2 Å². The highest BCUT2D eigenvalue weighted by molar-refractivity contribution is 7.92. The first-order valence-corrected chi connectivity index (χ1v) is 13.4. The summed E-state index contributed by atoms with van der Waals surface area (Å²) in [5, 5.41) is 9.67. The van der Waals surface area contributed by atoms with Gasteiger partial charge in [0.1, 0.15) is 4.75 Å². The van der Waals surface area contributed by atoms with Crippen LogP contribution in [-0.2, 0) is 19.4 Å². The van der Waals surface area contributed by atoms with E-state index in [0.717, 1.165) is 31.1 Å². The minimum absolute atomic E-state index is 0.0250. The molecule has 1 aliphatic carbocycles. The molecule has 2 amide bonds. The number of benzene rings is 1. The van der Waals surface area contributed by atoms with Crippen molar-refractivity contribution in [2.24, 2.45) is 29.5 Å². The Morgan fingerprint density at radius 2 is 1.76 bits per heavy atom. The molecule has 184 valence electrons. The van der Waals surface area contributed by atoms with Crippen LogP contribution in [0.2, 0.25) is 0 Å². The van der Waals surface area contributed by atoms with Gasteiger partial charge in [-0.05, 0) is 36.7 Å². The predicted octanol–water partition coefficient (Wildman–Crippen LogP) is 2.84. The first kappa shape index (κ1) is 27.0. The molecule has 0 bridgehead atoms. The zero-order valence-electron chi connectivity index (χ0n) is 19.7. The number of rotatable bonds is 10. The average Bonchev–Trinajstić information content (AvgIpc) is 2.80. The van der Waals surface area contributed by atoms with E-state index in [2.05, 4.69) is 5.43 Å². The molecule has 2 rings (SSSR count). The van der Waals surface area contributed by atoms with E-state index in [4.69, 9.17) is 5.84 Å². The third-order valence-electron chi connectivity index (χ3n) is 6.71. The van der Waals surface area contributed by atoms with Crippen LogP contribution in [0.3, 0.4) is 0 Å². The van der Waals surface area contributed by atoms with Gasteiger partial charge in [-0.2, -0.15) is 0 Å². The van der Waals surface area contributed by atoms with Crippen LogP contribution in [0.5, 0.6) is 0 Å². The zero-order chi connectivity index (χ0) is 24.6. The van der Waals surface area contributed by atoms with Crippen LogP contribution < -0.4 is 16.7 Å². The number of nitrogens with two attached hydrogens (primary N) is 1. The van der Waals surface area contributed by atoms with Crippen LogP contribution in [0.4, 0.5) is 0 Å². The zero-order valence-corrected chi connectivity index (χ0v) is 20.5. The molecular formula is C24H37N3O5S. The fourth-order valence-electron chi connectivity index (χ4n) is 5.28. The Labute approximate surface area is 196 Å². The second-order valence-corrected chi connectivity index (χ2v) is 11.7. The highest BCUT2D eigenvalue weighted by Crippen LogP contribution is 2.47. The van der Waals surface area contributed by atoms with E-state index in [1.807, 2.05) is 44.2 Å². The van der Waals surface area contributed by atoms with Crippen molar-refractivity contribution in [2.45, 2.75) is 57.1 Å². The molecule has 5 N–H and O–H groups in total. The van der Waals surface area contributed by atoms with Gasteiger partial charge in [-0.1, -0.05) is 75.6 Å². The van der Waals surface area contributed by atoms with Crippen molar-refractivity contribution in [2.75, 3.05) is 6.26 Å². The molecule has 9 heteroatoms. The van der Waals surface area contributed by atoms with Gasteiger partial charge in [0.2, 0.25) is 11.8 Å². The number of hydroxylamine groups is 1. The summed E-state index contributed by atoms with van der Waals surface area (Å²) in [7, 11) is -3.95. The van der Waals surface area contributed by atoms with Crippen LogP contribution in [0.15, 0.2) is 36.4 Å². The van der Waals surface area contributed by atoms with Gasteiger partial charge in [0.05, 0.1) is 11.8 Å². The predicted molar refractivity (Wildman–Crippen MR) is 128 cm³/mol. The van der Waals surface area contributed by atoms with E-state index in [0.29, 0.717) is 12.8 Å². The molecule has 8 nitrogen and oxygen atoms in total. The Balaban J connectivity index is 2.84. The van der Waals surface area contributed by atoms with Gasteiger partial charge in [0.15, 0.2) is 9.84 Å². The molecule has 0 aromatic heterocycles. The molecule has 33 heavy (non-hydrogen) atoms. The lowest BCUT2D eigenvalue weighted by Crippen LogP contribution is -2.60. The van der Waals surface area contributed by atoms with Crippen molar-refractivity contribution in [1.82, 2.24) is 10.9 Å². The maximum Gasteiger partial charge on any atom is 0.249 e. The number of hydrazine groups is 1. The topological polar surface area (TPSA) is 139 Å². The van der Waals surface area contributed by atoms with Gasteiger partial charge in [-0.15, -0.1) is 0 Å². The van der Waals surface area contributed by atoms with E-state index in [-0.39, 0.29) is 12.3 Å². The first-order valence-electron chi connectivity index (χ1n) is 11.5. The molecule has 1 saturated carbocycles. The van der Waals surface area contributed by atoms with Crippen LogP contribution in [0.1, 0.15) is 57.9 Å². The molecule has 3 atom stereocenters. The van der Waals surface area contributed by atoms with Crippen molar-refractivity contribution in [3.63, 3.8) is 0 Å². The van der Waals surface area contributed by atoms with Crippen molar-refractivity contribution in [1.29, 1.82) is 0 Å². The number of sulfone groups is 1. The number of nitrogens with one attached hydrogen (secondary N) is 2. The molecule has 0 heterocycles. The molecule has 1 fully saturated rings. The van der Waals surface area contributed by atoms with Crippen molar-refractivity contribution < 1.29 is 23.2 Å². The lowest BCUT2D eigenvalue weighted by Gasteiger charge is -2.46. The Hall–Kier alpha value is -2.23. The summed E-state index contributed by atoms with van der Waals surface area (Å²) in [6.07, 6.45) is 8.43. The third-order valence-corrected chi connectivity index (χ3v) is 8.71. The minimum atomic E-state index is -3.95. The van der Waals surface area contributed by atoms with E-state index in [1.54, 1.807) is 17.6 Å². The van der Waals surface area contributed by atoms with Crippen LogP contribution in [0, 0.1) is 23.7 Å². The summed E-state index contributed by atoms with van der Waals surface area (Å²) < 4.78 is 25.6. The monoisotopic (exact) mass is 479 g/mol. The normalized spacial score (nSPS) is 19.1. The summed E-state index contributed by atoms with van der Waals surface area (Å²) in [6.45, 7) is 3.76. The molecule has 0 saturated heterocycles. The van der Waals surface area contributed by atoms with Gasteiger partial charge < -0.3 is 0 Å². The van der Waals surface area contributed by atoms with Gasteiger partial charge in [0, 0.05) is 6.26 Å². The minimum Gasteiger partial charge on any atom is -0.294 e. The summed E-state index contributed by atoms with van der Waals surface area (Å²) in [4.78, 5) is 26.1. The Kier molecular flexibility index (Phi) is 9.63. The standard InChI is InChI=1S/C24H37N3O5S/c1-17(2)16-20(22(28)26-25)21(23(29)27-30)24(33(3,31)32,19-12-8-5-9-13-19)15-14-18-10-6-4-7-11-18/h4,6-7,10-11,14-15,17,19-21,30H,5,8-9,12-13,16,25H2,1-3H3,(H,26,28)(H,27,29)/b15-14+/t20-,21+,24?/m1/s1. The van der Waals surface area contributed by atoms with E-state index < -0.39 is 44.2 Å². The Morgan fingerprint density at radius 1 is 1.15 bits per heavy atom. The molecular weight excluding hydrogens is 442 g/mol. The maximum absolute atomic E-state index is 13.7. The van der Waals surface area contributed by atoms with E-state index >= 15 is 0 Å². The quantitative estimate of drug-likeness (QED) is 0.176. The van der Waals surface area contributed by atoms with Crippen LogP contribution in [-0.4, -0.2) is 36.4 Å². The molecule has 0 spiro atoms. The van der Waals surface area contributed by atoms with Crippen molar-refractivity contribution in [3.05, 3.63) is 42.0 Å². The second kappa shape index (κ2) is 11.8. The molecule has 1 aliphatic rings. The lowest BCUT2D eigenvalue weighted by molar-refractivity contribution is -0.142. The van der Waals surface area contributed by atoms with Gasteiger partial charge in [0.25, 0.3) is 0 Å². The van der Waals surface area contributed by atoms with Gasteiger partial charge in [-0.25, -0.2) is 19.7 Å². The number of hydrogen-bond donors (Lipinski definition) is 4. The number of hydrogen-bond acceptors (Lipinski definition) is 6. The first-order chi connectivity index (χ1) is 15.6. The van der Waals surface area contributed by atoms with Crippen molar-refractivity contribution in [3.8, 4) is 0 Å². The van der Waals surface area contributed by atoms with E-state index in [1.165, 1.54) is 0 Å². The molecule has 0 radical (unpaired) electrons. The summed E-state index contributed by atoms with van der Waals surface area (Å²) in [5.74, 6) is 1.08. The number of carbonyl (C=O) groups is 2. The highest BCUT2D eigenvalue weighted by atomic mass is 32.2. The SMILES string of the molecule is CC(C)C[C@@H](C(=O)NN)[C@@H](C(=O)NO)C(/C=C/c1ccccc1)(C1CCCCC1)S(C)(=O)=O. The highest BCUT2D eigenvalue weighted by Gasteiger charge is 2.58. The summed E-state index contributed by atoms with van der Waals surface area (Å²) >= 11 is 0. The maximum atomic E-state index is 13.7. The van der Waals surface area contributed by atoms with Crippen LogP contribution >= 0.6 is 0 Å². The Morgan fingerprint density at radius 3 is 2.24 bits per heavy atom. The molecule has 0 aliphatic heterocycles. The number of amides is 2. The van der Waals surface area contributed by atoms with E-state index in [9.17, 15) is 23.2 Å². The van der Waals surface area contributed by atoms with Crippen molar-refractivity contribution >= 4 is 27.7 Å². The molecule has 1 aromatic carbocycles. The number of carbonyl (C=O) groups excluding carboxylic acids is 2. The average molecular weight is 480 g/mol. The molecule has 1 unspecified atom stereocenters. The smallest absolute Gasteiger partial charge is 0.249 e.